The molecule has 0 saturated heterocycles. The van der Waals surface area contributed by atoms with Gasteiger partial charge in [-0.1, -0.05) is 43.2 Å². The van der Waals surface area contributed by atoms with Gasteiger partial charge in [0.25, 0.3) is 0 Å². The monoisotopic (exact) mass is 255 g/mol. The zero-order valence-corrected chi connectivity index (χ0v) is 11.2. The van der Waals surface area contributed by atoms with Crippen molar-refractivity contribution < 1.29 is 5.11 Å². The Kier molecular flexibility index (Phi) is 3.43. The van der Waals surface area contributed by atoms with Crippen LogP contribution in [-0.2, 0) is 6.42 Å². The average molecular weight is 255 g/mol. The number of rotatable bonds is 4. The number of aromatic nitrogens is 1. The van der Waals surface area contributed by atoms with Crippen molar-refractivity contribution >= 4 is 0 Å². The van der Waals surface area contributed by atoms with Crippen LogP contribution in [0.25, 0.3) is 0 Å². The molecular formula is C17H21NO. The van der Waals surface area contributed by atoms with Gasteiger partial charge in [-0.3, -0.25) is 0 Å². The molecule has 1 aliphatic rings. The van der Waals surface area contributed by atoms with Crippen molar-refractivity contribution in [3.05, 3.63) is 59.9 Å². The molecule has 1 heterocycles. The van der Waals surface area contributed by atoms with Crippen LogP contribution in [0.3, 0.4) is 0 Å². The summed E-state index contributed by atoms with van der Waals surface area (Å²) in [7, 11) is 0. The molecule has 1 aromatic carbocycles. The SMILES string of the molecule is OC1(C(Cc2ccccc2)c2ccc[nH]2)CCCC1. The Balaban J connectivity index is 1.89. The van der Waals surface area contributed by atoms with Crippen LogP contribution in [-0.4, -0.2) is 15.7 Å². The second kappa shape index (κ2) is 5.22. The Labute approximate surface area is 114 Å². The number of hydrogen-bond donors (Lipinski definition) is 2. The Hall–Kier alpha value is -1.54. The van der Waals surface area contributed by atoms with Gasteiger partial charge >= 0.3 is 0 Å². The van der Waals surface area contributed by atoms with E-state index in [-0.39, 0.29) is 5.92 Å². The molecule has 0 amide bonds. The van der Waals surface area contributed by atoms with Gasteiger partial charge < -0.3 is 10.1 Å². The fourth-order valence-electron chi connectivity index (χ4n) is 3.34. The Morgan fingerprint density at radius 1 is 1.05 bits per heavy atom. The third-order valence-electron chi connectivity index (χ3n) is 4.40. The van der Waals surface area contributed by atoms with Crippen LogP contribution in [0.2, 0.25) is 0 Å². The third kappa shape index (κ3) is 2.59. The van der Waals surface area contributed by atoms with E-state index in [0.717, 1.165) is 37.8 Å². The zero-order chi connectivity index (χ0) is 13.1. The van der Waals surface area contributed by atoms with Crippen molar-refractivity contribution in [2.24, 2.45) is 0 Å². The van der Waals surface area contributed by atoms with E-state index >= 15 is 0 Å². The van der Waals surface area contributed by atoms with E-state index in [1.807, 2.05) is 18.3 Å². The van der Waals surface area contributed by atoms with Crippen molar-refractivity contribution in [1.82, 2.24) is 4.98 Å². The van der Waals surface area contributed by atoms with E-state index in [1.54, 1.807) is 0 Å². The number of aromatic amines is 1. The minimum atomic E-state index is -0.541. The molecule has 2 nitrogen and oxygen atoms in total. The fourth-order valence-corrected chi connectivity index (χ4v) is 3.34. The predicted molar refractivity (Wildman–Crippen MR) is 77.1 cm³/mol. The zero-order valence-electron chi connectivity index (χ0n) is 11.2. The molecule has 19 heavy (non-hydrogen) atoms. The lowest BCUT2D eigenvalue weighted by Crippen LogP contribution is -2.34. The highest BCUT2D eigenvalue weighted by Gasteiger charge is 2.40. The Bertz CT molecular complexity index is 497. The van der Waals surface area contributed by atoms with Crippen molar-refractivity contribution in [2.75, 3.05) is 0 Å². The molecule has 1 fully saturated rings. The Morgan fingerprint density at radius 2 is 1.79 bits per heavy atom. The summed E-state index contributed by atoms with van der Waals surface area (Å²) in [4.78, 5) is 3.30. The first kappa shape index (κ1) is 12.5. The van der Waals surface area contributed by atoms with Gasteiger partial charge in [0, 0.05) is 17.8 Å². The summed E-state index contributed by atoms with van der Waals surface area (Å²) in [6.45, 7) is 0. The van der Waals surface area contributed by atoms with Gasteiger partial charge in [-0.2, -0.15) is 0 Å². The fraction of sp³-hybridized carbons (Fsp3) is 0.412. The highest BCUT2D eigenvalue weighted by molar-refractivity contribution is 5.23. The highest BCUT2D eigenvalue weighted by atomic mass is 16.3. The lowest BCUT2D eigenvalue weighted by Gasteiger charge is -2.32. The lowest BCUT2D eigenvalue weighted by atomic mass is 9.79. The van der Waals surface area contributed by atoms with Crippen LogP contribution in [0.15, 0.2) is 48.7 Å². The smallest absolute Gasteiger partial charge is 0.0733 e. The first-order chi connectivity index (χ1) is 9.28. The maximum atomic E-state index is 11.0. The topological polar surface area (TPSA) is 36.0 Å². The van der Waals surface area contributed by atoms with E-state index < -0.39 is 5.60 Å². The summed E-state index contributed by atoms with van der Waals surface area (Å²) in [6.07, 6.45) is 6.97. The van der Waals surface area contributed by atoms with Crippen LogP contribution < -0.4 is 0 Å². The number of aliphatic hydroxyl groups is 1. The minimum Gasteiger partial charge on any atom is -0.389 e. The molecule has 1 unspecified atom stereocenters. The van der Waals surface area contributed by atoms with Gasteiger partial charge in [-0.15, -0.1) is 0 Å². The number of benzene rings is 1. The molecule has 0 radical (unpaired) electrons. The van der Waals surface area contributed by atoms with E-state index in [1.165, 1.54) is 5.56 Å². The van der Waals surface area contributed by atoms with Crippen LogP contribution in [0.4, 0.5) is 0 Å². The third-order valence-corrected chi connectivity index (χ3v) is 4.40. The summed E-state index contributed by atoms with van der Waals surface area (Å²) in [5.74, 6) is 0.174. The molecule has 3 rings (SSSR count). The summed E-state index contributed by atoms with van der Waals surface area (Å²) < 4.78 is 0. The van der Waals surface area contributed by atoms with Gasteiger partial charge in [0.1, 0.15) is 0 Å². The molecule has 100 valence electrons. The number of nitrogens with one attached hydrogen (secondary N) is 1. The molecule has 1 aliphatic carbocycles. The van der Waals surface area contributed by atoms with Crippen molar-refractivity contribution in [3.8, 4) is 0 Å². The van der Waals surface area contributed by atoms with E-state index in [2.05, 4.69) is 35.3 Å². The molecule has 1 saturated carbocycles. The van der Waals surface area contributed by atoms with E-state index in [0.29, 0.717) is 0 Å². The molecule has 2 aromatic rings. The van der Waals surface area contributed by atoms with Crippen LogP contribution in [0, 0.1) is 0 Å². The molecule has 2 heteroatoms. The van der Waals surface area contributed by atoms with E-state index in [4.69, 9.17) is 0 Å². The van der Waals surface area contributed by atoms with Crippen molar-refractivity contribution in [2.45, 2.75) is 43.6 Å². The van der Waals surface area contributed by atoms with Crippen molar-refractivity contribution in [1.29, 1.82) is 0 Å². The summed E-state index contributed by atoms with van der Waals surface area (Å²) in [6, 6.07) is 14.6. The van der Waals surface area contributed by atoms with Crippen molar-refractivity contribution in [3.63, 3.8) is 0 Å². The van der Waals surface area contributed by atoms with Crippen LogP contribution >= 0.6 is 0 Å². The largest absolute Gasteiger partial charge is 0.389 e. The summed E-state index contributed by atoms with van der Waals surface area (Å²) in [5.41, 5.74) is 1.91. The average Bonchev–Trinajstić information content (AvgIpc) is 3.09. The van der Waals surface area contributed by atoms with Crippen LogP contribution in [0.1, 0.15) is 42.9 Å². The van der Waals surface area contributed by atoms with Gasteiger partial charge in [-0.05, 0) is 37.0 Å². The minimum absolute atomic E-state index is 0.174. The normalized spacial score (nSPS) is 19.4. The molecule has 2 N–H and O–H groups in total. The second-order valence-electron chi connectivity index (χ2n) is 5.68. The first-order valence-corrected chi connectivity index (χ1v) is 7.17. The maximum absolute atomic E-state index is 11.0. The van der Waals surface area contributed by atoms with Crippen LogP contribution in [0.5, 0.6) is 0 Å². The summed E-state index contributed by atoms with van der Waals surface area (Å²) in [5, 5.41) is 11.0. The first-order valence-electron chi connectivity index (χ1n) is 7.17. The predicted octanol–water partition coefficient (Wildman–Crippen LogP) is 3.65. The quantitative estimate of drug-likeness (QED) is 0.859. The second-order valence-corrected chi connectivity index (χ2v) is 5.68. The molecule has 0 bridgehead atoms. The Morgan fingerprint density at radius 3 is 2.42 bits per heavy atom. The maximum Gasteiger partial charge on any atom is 0.0733 e. The molecule has 0 aliphatic heterocycles. The molecule has 0 spiro atoms. The molecule has 1 atom stereocenters. The number of H-pyrrole nitrogens is 1. The number of hydrogen-bond acceptors (Lipinski definition) is 1. The standard InChI is InChI=1S/C17H21NO/c19-17(10-4-5-11-17)15(16-9-6-12-18-16)13-14-7-2-1-3-8-14/h1-3,6-9,12,15,18-19H,4-5,10-11,13H2. The van der Waals surface area contributed by atoms with Gasteiger partial charge in [0.05, 0.1) is 5.60 Å². The molecule has 1 aromatic heterocycles. The molecular weight excluding hydrogens is 234 g/mol. The summed E-state index contributed by atoms with van der Waals surface area (Å²) >= 11 is 0. The van der Waals surface area contributed by atoms with Gasteiger partial charge in [-0.25, -0.2) is 0 Å². The highest BCUT2D eigenvalue weighted by Crippen LogP contribution is 2.42. The van der Waals surface area contributed by atoms with Gasteiger partial charge in [0.2, 0.25) is 0 Å². The van der Waals surface area contributed by atoms with E-state index in [9.17, 15) is 5.11 Å². The van der Waals surface area contributed by atoms with Gasteiger partial charge in [0.15, 0.2) is 0 Å². The lowest BCUT2D eigenvalue weighted by molar-refractivity contribution is 0.0173.